The maximum absolute atomic E-state index is 12.0. The normalized spacial score (nSPS) is 18.5. The van der Waals surface area contributed by atoms with Crippen LogP contribution < -0.4 is 10.6 Å². The minimum absolute atomic E-state index is 0.00105. The molecule has 22 heavy (non-hydrogen) atoms. The van der Waals surface area contributed by atoms with Crippen LogP contribution in [0.1, 0.15) is 25.7 Å². The number of fused-ring (bicyclic) bond motifs is 1. The zero-order valence-electron chi connectivity index (χ0n) is 12.1. The summed E-state index contributed by atoms with van der Waals surface area (Å²) in [6, 6.07) is 1.80. The second-order valence-electron chi connectivity index (χ2n) is 5.22. The van der Waals surface area contributed by atoms with Crippen molar-refractivity contribution in [3.8, 4) is 6.07 Å². The first-order valence-corrected chi connectivity index (χ1v) is 7.37. The standard InChI is InChI=1S/C14H17N7O/c15-5-3-7-21-13-10(8-19-21)12(17-9-18-13)20-11-4-1-2-6-16-14(11)22/h8-9,11H,1-4,6-7H2,(H,16,22)(H,17,18,20)/t11-/m1/s1. The lowest BCUT2D eigenvalue weighted by atomic mass is 10.1. The van der Waals surface area contributed by atoms with Crippen LogP contribution in [-0.2, 0) is 11.3 Å². The molecule has 2 N–H and O–H groups in total. The Bertz CT molecular complexity index is 718. The molecule has 2 aromatic heterocycles. The van der Waals surface area contributed by atoms with Gasteiger partial charge in [-0.3, -0.25) is 4.79 Å². The Labute approximate surface area is 127 Å². The molecule has 0 aromatic carbocycles. The maximum Gasteiger partial charge on any atom is 0.242 e. The predicted molar refractivity (Wildman–Crippen MR) is 79.8 cm³/mol. The van der Waals surface area contributed by atoms with E-state index >= 15 is 0 Å². The van der Waals surface area contributed by atoms with Crippen LogP contribution in [0.4, 0.5) is 5.82 Å². The Morgan fingerprint density at radius 3 is 3.23 bits per heavy atom. The van der Waals surface area contributed by atoms with E-state index in [-0.39, 0.29) is 11.9 Å². The summed E-state index contributed by atoms with van der Waals surface area (Å²) in [5.41, 5.74) is 0.668. The lowest BCUT2D eigenvalue weighted by Crippen LogP contribution is -2.38. The number of rotatable bonds is 4. The quantitative estimate of drug-likeness (QED) is 0.865. The Hall–Kier alpha value is -2.69. The summed E-state index contributed by atoms with van der Waals surface area (Å²) in [7, 11) is 0. The van der Waals surface area contributed by atoms with Crippen LogP contribution in [0.15, 0.2) is 12.5 Å². The monoisotopic (exact) mass is 299 g/mol. The summed E-state index contributed by atoms with van der Waals surface area (Å²) in [4.78, 5) is 20.5. The molecule has 1 amide bonds. The van der Waals surface area contributed by atoms with Crippen molar-refractivity contribution in [3.63, 3.8) is 0 Å². The molecule has 1 aliphatic heterocycles. The molecule has 8 nitrogen and oxygen atoms in total. The van der Waals surface area contributed by atoms with E-state index in [9.17, 15) is 4.79 Å². The molecule has 0 spiro atoms. The Balaban J connectivity index is 1.86. The van der Waals surface area contributed by atoms with Gasteiger partial charge < -0.3 is 10.6 Å². The largest absolute Gasteiger partial charge is 0.358 e. The van der Waals surface area contributed by atoms with Gasteiger partial charge in [0.1, 0.15) is 18.2 Å². The van der Waals surface area contributed by atoms with Crippen molar-refractivity contribution in [2.24, 2.45) is 0 Å². The number of aromatic nitrogens is 4. The lowest BCUT2D eigenvalue weighted by Gasteiger charge is -2.16. The van der Waals surface area contributed by atoms with E-state index in [1.54, 1.807) is 10.9 Å². The van der Waals surface area contributed by atoms with Gasteiger partial charge in [-0.15, -0.1) is 0 Å². The molecule has 2 aromatic rings. The van der Waals surface area contributed by atoms with Gasteiger partial charge in [0, 0.05) is 6.54 Å². The lowest BCUT2D eigenvalue weighted by molar-refractivity contribution is -0.121. The van der Waals surface area contributed by atoms with Crippen molar-refractivity contribution in [3.05, 3.63) is 12.5 Å². The van der Waals surface area contributed by atoms with E-state index in [2.05, 4.69) is 31.8 Å². The molecule has 1 saturated heterocycles. The van der Waals surface area contributed by atoms with E-state index in [1.165, 1.54) is 6.33 Å². The molecular formula is C14H17N7O. The number of carbonyl (C=O) groups is 1. The smallest absolute Gasteiger partial charge is 0.242 e. The van der Waals surface area contributed by atoms with Gasteiger partial charge >= 0.3 is 0 Å². The van der Waals surface area contributed by atoms with E-state index in [1.807, 2.05) is 0 Å². The van der Waals surface area contributed by atoms with Crippen LogP contribution in [-0.4, -0.2) is 38.2 Å². The van der Waals surface area contributed by atoms with Crippen molar-refractivity contribution in [2.45, 2.75) is 38.3 Å². The second kappa shape index (κ2) is 6.39. The first kappa shape index (κ1) is 14.3. The predicted octanol–water partition coefficient (Wildman–Crippen LogP) is 0.821. The van der Waals surface area contributed by atoms with Crippen molar-refractivity contribution in [2.75, 3.05) is 11.9 Å². The van der Waals surface area contributed by atoms with E-state index in [4.69, 9.17) is 5.26 Å². The number of nitriles is 1. The molecular weight excluding hydrogens is 282 g/mol. The molecule has 0 bridgehead atoms. The van der Waals surface area contributed by atoms with Crippen LogP contribution >= 0.6 is 0 Å². The third-order valence-electron chi connectivity index (χ3n) is 3.72. The van der Waals surface area contributed by atoms with Gasteiger partial charge in [0.15, 0.2) is 5.65 Å². The Morgan fingerprint density at radius 2 is 2.36 bits per heavy atom. The average Bonchev–Trinajstić information content (AvgIpc) is 2.84. The van der Waals surface area contributed by atoms with Gasteiger partial charge in [0.2, 0.25) is 5.91 Å². The fraction of sp³-hybridized carbons (Fsp3) is 0.500. The number of carbonyl (C=O) groups excluding carboxylic acids is 1. The Kier molecular flexibility index (Phi) is 4.14. The molecule has 0 aliphatic carbocycles. The minimum Gasteiger partial charge on any atom is -0.358 e. The number of aryl methyl sites for hydroxylation is 1. The van der Waals surface area contributed by atoms with Gasteiger partial charge in [-0.2, -0.15) is 10.4 Å². The highest BCUT2D eigenvalue weighted by Gasteiger charge is 2.22. The van der Waals surface area contributed by atoms with Crippen molar-refractivity contribution >= 4 is 22.8 Å². The molecule has 114 valence electrons. The topological polar surface area (TPSA) is 109 Å². The summed E-state index contributed by atoms with van der Waals surface area (Å²) in [6.07, 6.45) is 6.25. The van der Waals surface area contributed by atoms with Gasteiger partial charge in [-0.25, -0.2) is 14.6 Å². The van der Waals surface area contributed by atoms with Gasteiger partial charge in [0.25, 0.3) is 0 Å². The summed E-state index contributed by atoms with van der Waals surface area (Å²) in [6.45, 7) is 1.21. The number of hydrogen-bond donors (Lipinski definition) is 2. The zero-order chi connectivity index (χ0) is 15.4. The first-order valence-electron chi connectivity index (χ1n) is 7.37. The molecule has 1 atom stereocenters. The summed E-state index contributed by atoms with van der Waals surface area (Å²) in [5.74, 6) is 0.608. The van der Waals surface area contributed by atoms with E-state index in [0.717, 1.165) is 31.2 Å². The summed E-state index contributed by atoms with van der Waals surface area (Å²) >= 11 is 0. The van der Waals surface area contributed by atoms with Crippen LogP contribution in [0.5, 0.6) is 0 Å². The van der Waals surface area contributed by atoms with E-state index in [0.29, 0.717) is 24.4 Å². The van der Waals surface area contributed by atoms with Crippen LogP contribution in [0.25, 0.3) is 11.0 Å². The highest BCUT2D eigenvalue weighted by molar-refractivity contribution is 5.90. The fourth-order valence-electron chi connectivity index (χ4n) is 2.57. The number of amides is 1. The first-order chi connectivity index (χ1) is 10.8. The number of nitrogens with zero attached hydrogens (tertiary/aromatic N) is 5. The minimum atomic E-state index is -0.289. The van der Waals surface area contributed by atoms with Gasteiger partial charge in [-0.1, -0.05) is 0 Å². The maximum atomic E-state index is 12.0. The average molecular weight is 299 g/mol. The van der Waals surface area contributed by atoms with Gasteiger partial charge in [0.05, 0.1) is 30.6 Å². The third-order valence-corrected chi connectivity index (χ3v) is 3.72. The van der Waals surface area contributed by atoms with Crippen molar-refractivity contribution in [1.29, 1.82) is 5.26 Å². The van der Waals surface area contributed by atoms with Crippen LogP contribution in [0.3, 0.4) is 0 Å². The number of nitrogens with one attached hydrogen (secondary N) is 2. The molecule has 1 fully saturated rings. The van der Waals surface area contributed by atoms with Crippen molar-refractivity contribution in [1.82, 2.24) is 25.1 Å². The molecule has 8 heteroatoms. The van der Waals surface area contributed by atoms with Crippen molar-refractivity contribution < 1.29 is 4.79 Å². The molecule has 3 rings (SSSR count). The third kappa shape index (κ3) is 2.83. The highest BCUT2D eigenvalue weighted by Crippen LogP contribution is 2.21. The number of anilines is 1. The second-order valence-corrected chi connectivity index (χ2v) is 5.22. The van der Waals surface area contributed by atoms with Crippen LogP contribution in [0, 0.1) is 11.3 Å². The summed E-state index contributed by atoms with van der Waals surface area (Å²) in [5, 5.41) is 19.8. The SMILES string of the molecule is N#CCCn1ncc2c(N[C@@H]3CCCCNC3=O)ncnc21. The molecule has 0 saturated carbocycles. The summed E-state index contributed by atoms with van der Waals surface area (Å²) < 4.78 is 1.68. The molecule has 0 radical (unpaired) electrons. The zero-order valence-corrected chi connectivity index (χ0v) is 12.1. The highest BCUT2D eigenvalue weighted by atomic mass is 16.2. The molecule has 0 unspecified atom stereocenters. The molecule has 1 aliphatic rings. The van der Waals surface area contributed by atoms with E-state index < -0.39 is 0 Å². The Morgan fingerprint density at radius 1 is 1.45 bits per heavy atom. The molecule has 3 heterocycles. The van der Waals surface area contributed by atoms with Crippen LogP contribution in [0.2, 0.25) is 0 Å². The van der Waals surface area contributed by atoms with Gasteiger partial charge in [-0.05, 0) is 19.3 Å². The number of hydrogen-bond acceptors (Lipinski definition) is 6. The fourth-order valence-corrected chi connectivity index (χ4v) is 2.57.